The van der Waals surface area contributed by atoms with E-state index in [1.54, 1.807) is 6.20 Å². The minimum atomic E-state index is -1.03. The van der Waals surface area contributed by atoms with Gasteiger partial charge in [-0.1, -0.05) is 46.3 Å². The number of aromatic amines is 1. The standard InChI is InChI=1S/C18H11BrN2O2/c19-11-6-7-13-12(8-11)16-14(21-13)9-20-17(18(22)23)15(16)10-4-2-1-3-5-10/h1-9,21H,(H,22,23). The molecule has 4 rings (SSSR count). The molecule has 2 N–H and O–H groups in total. The number of nitrogens with zero attached hydrogens (tertiary/aromatic N) is 1. The van der Waals surface area contributed by atoms with Gasteiger partial charge >= 0.3 is 5.97 Å². The molecule has 0 aliphatic heterocycles. The molecule has 2 aromatic carbocycles. The average Bonchev–Trinajstić information content (AvgIpc) is 2.92. The first-order valence-corrected chi connectivity index (χ1v) is 7.83. The molecular formula is C18H11BrN2O2. The lowest BCUT2D eigenvalue weighted by Crippen LogP contribution is -2.03. The van der Waals surface area contributed by atoms with Crippen molar-refractivity contribution >= 4 is 43.7 Å². The van der Waals surface area contributed by atoms with E-state index >= 15 is 0 Å². The van der Waals surface area contributed by atoms with Crippen LogP contribution in [0.15, 0.2) is 59.2 Å². The summed E-state index contributed by atoms with van der Waals surface area (Å²) < 4.78 is 0.943. The number of fused-ring (bicyclic) bond motifs is 3. The highest BCUT2D eigenvalue weighted by Gasteiger charge is 2.20. The second-order valence-electron chi connectivity index (χ2n) is 5.26. The minimum absolute atomic E-state index is 0.0598. The van der Waals surface area contributed by atoms with Crippen LogP contribution in [0.2, 0.25) is 0 Å². The van der Waals surface area contributed by atoms with Crippen LogP contribution in [0.5, 0.6) is 0 Å². The molecule has 0 unspecified atom stereocenters. The lowest BCUT2D eigenvalue weighted by Gasteiger charge is -2.08. The Morgan fingerprint density at radius 1 is 1.09 bits per heavy atom. The van der Waals surface area contributed by atoms with E-state index in [0.717, 1.165) is 31.8 Å². The lowest BCUT2D eigenvalue weighted by molar-refractivity contribution is 0.0691. The number of hydrogen-bond donors (Lipinski definition) is 2. The predicted molar refractivity (Wildman–Crippen MR) is 93.7 cm³/mol. The molecular weight excluding hydrogens is 356 g/mol. The molecule has 0 saturated carbocycles. The monoisotopic (exact) mass is 366 g/mol. The summed E-state index contributed by atoms with van der Waals surface area (Å²) in [6.45, 7) is 0. The number of H-pyrrole nitrogens is 1. The van der Waals surface area contributed by atoms with E-state index in [-0.39, 0.29) is 5.69 Å². The molecule has 2 heterocycles. The van der Waals surface area contributed by atoms with Gasteiger partial charge in [-0.25, -0.2) is 9.78 Å². The highest BCUT2D eigenvalue weighted by atomic mass is 79.9. The normalized spacial score (nSPS) is 11.2. The molecule has 4 aromatic rings. The van der Waals surface area contributed by atoms with Crippen LogP contribution < -0.4 is 0 Å². The maximum Gasteiger partial charge on any atom is 0.355 e. The third kappa shape index (κ3) is 2.21. The highest BCUT2D eigenvalue weighted by Crippen LogP contribution is 2.37. The van der Waals surface area contributed by atoms with E-state index < -0.39 is 5.97 Å². The van der Waals surface area contributed by atoms with E-state index in [9.17, 15) is 9.90 Å². The van der Waals surface area contributed by atoms with Gasteiger partial charge in [0.15, 0.2) is 5.69 Å². The van der Waals surface area contributed by atoms with Crippen molar-refractivity contribution < 1.29 is 9.90 Å². The Bertz CT molecular complexity index is 1050. The number of carboxylic acid groups (broad SMARTS) is 1. The zero-order valence-electron chi connectivity index (χ0n) is 11.9. The molecule has 112 valence electrons. The number of rotatable bonds is 2. The van der Waals surface area contributed by atoms with Crippen LogP contribution in [-0.4, -0.2) is 21.0 Å². The number of pyridine rings is 1. The smallest absolute Gasteiger partial charge is 0.355 e. The lowest BCUT2D eigenvalue weighted by atomic mass is 9.98. The van der Waals surface area contributed by atoms with Gasteiger partial charge in [0.25, 0.3) is 0 Å². The number of carbonyl (C=O) groups is 1. The first kappa shape index (κ1) is 14.0. The maximum absolute atomic E-state index is 11.7. The van der Waals surface area contributed by atoms with Crippen molar-refractivity contribution in [1.82, 2.24) is 9.97 Å². The van der Waals surface area contributed by atoms with Gasteiger partial charge in [0, 0.05) is 26.3 Å². The summed E-state index contributed by atoms with van der Waals surface area (Å²) in [5.74, 6) is -1.03. The Kier molecular flexibility index (Phi) is 3.16. The third-order valence-corrected chi connectivity index (χ3v) is 4.36. The van der Waals surface area contributed by atoms with Crippen molar-refractivity contribution in [3.63, 3.8) is 0 Å². The number of benzene rings is 2. The first-order chi connectivity index (χ1) is 11.1. The minimum Gasteiger partial charge on any atom is -0.476 e. The van der Waals surface area contributed by atoms with Gasteiger partial charge in [-0.15, -0.1) is 0 Å². The van der Waals surface area contributed by atoms with Crippen LogP contribution in [0, 0.1) is 0 Å². The summed E-state index contributed by atoms with van der Waals surface area (Å²) >= 11 is 3.49. The van der Waals surface area contributed by atoms with Gasteiger partial charge in [0.2, 0.25) is 0 Å². The van der Waals surface area contributed by atoms with Gasteiger partial charge in [-0.3, -0.25) is 0 Å². The van der Waals surface area contributed by atoms with Gasteiger partial charge in [0.05, 0.1) is 11.7 Å². The topological polar surface area (TPSA) is 66.0 Å². The van der Waals surface area contributed by atoms with Crippen molar-refractivity contribution in [2.24, 2.45) is 0 Å². The molecule has 0 aliphatic carbocycles. The highest BCUT2D eigenvalue weighted by molar-refractivity contribution is 9.10. The number of hydrogen-bond acceptors (Lipinski definition) is 2. The summed E-state index contributed by atoms with van der Waals surface area (Å²) in [5.41, 5.74) is 3.31. The quantitative estimate of drug-likeness (QED) is 0.533. The van der Waals surface area contributed by atoms with Crippen LogP contribution in [0.1, 0.15) is 10.5 Å². The zero-order chi connectivity index (χ0) is 16.0. The second-order valence-corrected chi connectivity index (χ2v) is 6.17. The SMILES string of the molecule is O=C(O)c1ncc2[nH]c3ccc(Br)cc3c2c1-c1ccccc1. The van der Waals surface area contributed by atoms with Crippen LogP contribution >= 0.6 is 15.9 Å². The van der Waals surface area contributed by atoms with Crippen LogP contribution in [0.25, 0.3) is 32.9 Å². The average molecular weight is 367 g/mol. The van der Waals surface area contributed by atoms with E-state index in [1.807, 2.05) is 48.5 Å². The van der Waals surface area contributed by atoms with Crippen molar-refractivity contribution in [1.29, 1.82) is 0 Å². The van der Waals surface area contributed by atoms with Gasteiger partial charge in [-0.2, -0.15) is 0 Å². The van der Waals surface area contributed by atoms with Crippen LogP contribution in [0.4, 0.5) is 0 Å². The number of aromatic nitrogens is 2. The van der Waals surface area contributed by atoms with Gasteiger partial charge in [-0.05, 0) is 23.8 Å². The fraction of sp³-hybridized carbons (Fsp3) is 0. The first-order valence-electron chi connectivity index (χ1n) is 7.04. The largest absolute Gasteiger partial charge is 0.476 e. The molecule has 2 aromatic heterocycles. The molecule has 0 bridgehead atoms. The fourth-order valence-corrected chi connectivity index (χ4v) is 3.27. The third-order valence-electron chi connectivity index (χ3n) is 3.86. The Hall–Kier alpha value is -2.66. The zero-order valence-corrected chi connectivity index (χ0v) is 13.5. The molecule has 0 atom stereocenters. The summed E-state index contributed by atoms with van der Waals surface area (Å²) in [6, 6.07) is 15.4. The summed E-state index contributed by atoms with van der Waals surface area (Å²) in [7, 11) is 0. The van der Waals surface area contributed by atoms with Crippen LogP contribution in [0.3, 0.4) is 0 Å². The van der Waals surface area contributed by atoms with E-state index in [1.165, 1.54) is 0 Å². The molecule has 0 radical (unpaired) electrons. The fourth-order valence-electron chi connectivity index (χ4n) is 2.91. The van der Waals surface area contributed by atoms with E-state index in [0.29, 0.717) is 5.56 Å². The summed E-state index contributed by atoms with van der Waals surface area (Å²) in [6.07, 6.45) is 1.58. The molecule has 0 saturated heterocycles. The van der Waals surface area contributed by atoms with Crippen molar-refractivity contribution in [3.05, 3.63) is 64.9 Å². The predicted octanol–water partition coefficient (Wildman–Crippen LogP) is 4.84. The molecule has 0 fully saturated rings. The van der Waals surface area contributed by atoms with Crippen molar-refractivity contribution in [3.8, 4) is 11.1 Å². The molecule has 0 spiro atoms. The number of nitrogens with one attached hydrogen (secondary N) is 1. The summed E-state index contributed by atoms with van der Waals surface area (Å²) in [5, 5.41) is 11.4. The Morgan fingerprint density at radius 3 is 2.61 bits per heavy atom. The second kappa shape index (κ2) is 5.21. The van der Waals surface area contributed by atoms with E-state index in [4.69, 9.17) is 0 Å². The molecule has 5 heteroatoms. The number of halogens is 1. The molecule has 23 heavy (non-hydrogen) atoms. The van der Waals surface area contributed by atoms with Gasteiger partial charge in [0.1, 0.15) is 0 Å². The Morgan fingerprint density at radius 2 is 1.87 bits per heavy atom. The van der Waals surface area contributed by atoms with Gasteiger partial charge < -0.3 is 10.1 Å². The van der Waals surface area contributed by atoms with Crippen LogP contribution in [-0.2, 0) is 0 Å². The number of carboxylic acids is 1. The maximum atomic E-state index is 11.7. The Labute approximate surface area is 139 Å². The van der Waals surface area contributed by atoms with E-state index in [2.05, 4.69) is 25.9 Å². The molecule has 0 aliphatic rings. The summed E-state index contributed by atoms with van der Waals surface area (Å²) in [4.78, 5) is 19.1. The Balaban J connectivity index is 2.23. The molecule has 0 amide bonds. The van der Waals surface area contributed by atoms with Crippen molar-refractivity contribution in [2.75, 3.05) is 0 Å². The van der Waals surface area contributed by atoms with Crippen molar-refractivity contribution in [2.45, 2.75) is 0 Å². The number of aromatic carboxylic acids is 1. The molecule has 4 nitrogen and oxygen atoms in total.